The van der Waals surface area contributed by atoms with Gasteiger partial charge >= 0.3 is 0 Å². The summed E-state index contributed by atoms with van der Waals surface area (Å²) < 4.78 is 12.5. The Hall–Kier alpha value is -1.45. The molecule has 0 saturated heterocycles. The molecule has 1 fully saturated rings. The predicted octanol–water partition coefficient (Wildman–Crippen LogP) is 1.96. The molecule has 0 radical (unpaired) electrons. The van der Waals surface area contributed by atoms with Crippen LogP contribution in [0.25, 0.3) is 0 Å². The lowest BCUT2D eigenvalue weighted by Crippen LogP contribution is -2.28. The van der Waals surface area contributed by atoms with Crippen LogP contribution in [0.15, 0.2) is 18.3 Å². The molecule has 74 valence electrons. The van der Waals surface area contributed by atoms with Crippen LogP contribution < -0.4 is 5.32 Å². The Balaban J connectivity index is 1.96. The minimum atomic E-state index is -0.397. The predicted molar refractivity (Wildman–Crippen MR) is 50.2 cm³/mol. The van der Waals surface area contributed by atoms with Gasteiger partial charge in [-0.15, -0.1) is 0 Å². The summed E-state index contributed by atoms with van der Waals surface area (Å²) in [7, 11) is 0. The highest BCUT2D eigenvalue weighted by molar-refractivity contribution is 5.92. The van der Waals surface area contributed by atoms with Crippen molar-refractivity contribution in [1.82, 2.24) is 4.98 Å². The molecule has 1 aromatic heterocycles. The zero-order chi connectivity index (χ0) is 9.97. The van der Waals surface area contributed by atoms with E-state index in [0.717, 1.165) is 25.5 Å². The first kappa shape index (κ1) is 9.12. The van der Waals surface area contributed by atoms with Gasteiger partial charge in [0, 0.05) is 5.92 Å². The van der Waals surface area contributed by atoms with Gasteiger partial charge in [-0.05, 0) is 25.0 Å². The van der Waals surface area contributed by atoms with Crippen LogP contribution in [0, 0.1) is 11.7 Å². The van der Waals surface area contributed by atoms with E-state index in [9.17, 15) is 9.18 Å². The molecule has 4 heteroatoms. The van der Waals surface area contributed by atoms with Crippen molar-refractivity contribution in [2.75, 3.05) is 5.32 Å². The van der Waals surface area contributed by atoms with Crippen LogP contribution in [-0.4, -0.2) is 10.9 Å². The molecule has 1 N–H and O–H groups in total. The van der Waals surface area contributed by atoms with Crippen molar-refractivity contribution in [3.05, 3.63) is 24.1 Å². The third kappa shape index (κ3) is 1.89. The first-order valence-electron chi connectivity index (χ1n) is 4.68. The number of carbonyl (C=O) groups is 1. The maximum atomic E-state index is 12.5. The van der Waals surface area contributed by atoms with E-state index in [-0.39, 0.29) is 11.8 Å². The van der Waals surface area contributed by atoms with Crippen molar-refractivity contribution < 1.29 is 9.18 Å². The number of halogens is 1. The molecule has 3 nitrogen and oxygen atoms in total. The van der Waals surface area contributed by atoms with Gasteiger partial charge in [0.15, 0.2) is 0 Å². The van der Waals surface area contributed by atoms with Crippen molar-refractivity contribution in [2.24, 2.45) is 5.92 Å². The van der Waals surface area contributed by atoms with Crippen molar-refractivity contribution in [2.45, 2.75) is 19.3 Å². The quantitative estimate of drug-likeness (QED) is 0.781. The van der Waals surface area contributed by atoms with E-state index in [1.165, 1.54) is 12.1 Å². The molecular weight excluding hydrogens is 183 g/mol. The summed E-state index contributed by atoms with van der Waals surface area (Å²) in [6.45, 7) is 0. The summed E-state index contributed by atoms with van der Waals surface area (Å²) in [5.74, 6) is 0.146. The summed E-state index contributed by atoms with van der Waals surface area (Å²) in [5.41, 5.74) is 0. The fourth-order valence-electron chi connectivity index (χ4n) is 1.35. The molecular formula is C10H11FN2O. The molecule has 2 rings (SSSR count). The number of amides is 1. The molecule has 0 aromatic carbocycles. The Labute approximate surface area is 81.3 Å². The van der Waals surface area contributed by atoms with Gasteiger partial charge in [0.25, 0.3) is 0 Å². The second-order valence-corrected chi connectivity index (χ2v) is 3.48. The van der Waals surface area contributed by atoms with Gasteiger partial charge in [-0.25, -0.2) is 9.37 Å². The van der Waals surface area contributed by atoms with E-state index in [0.29, 0.717) is 5.82 Å². The smallest absolute Gasteiger partial charge is 0.228 e. The Morgan fingerprint density at radius 2 is 2.29 bits per heavy atom. The van der Waals surface area contributed by atoms with Gasteiger partial charge in [-0.3, -0.25) is 4.79 Å². The second kappa shape index (κ2) is 3.74. The summed E-state index contributed by atoms with van der Waals surface area (Å²) in [5, 5.41) is 2.65. The molecule has 0 bridgehead atoms. The summed E-state index contributed by atoms with van der Waals surface area (Å²) >= 11 is 0. The van der Waals surface area contributed by atoms with Crippen LogP contribution in [0.1, 0.15) is 19.3 Å². The van der Waals surface area contributed by atoms with E-state index in [1.807, 2.05) is 0 Å². The molecule has 1 aromatic rings. The van der Waals surface area contributed by atoms with E-state index in [2.05, 4.69) is 10.3 Å². The molecule has 1 amide bonds. The average molecular weight is 194 g/mol. The van der Waals surface area contributed by atoms with Gasteiger partial charge in [0.05, 0.1) is 6.20 Å². The summed E-state index contributed by atoms with van der Waals surface area (Å²) in [6.07, 6.45) is 4.12. The Morgan fingerprint density at radius 1 is 1.50 bits per heavy atom. The minimum Gasteiger partial charge on any atom is -0.310 e. The van der Waals surface area contributed by atoms with Crippen molar-refractivity contribution >= 4 is 11.7 Å². The van der Waals surface area contributed by atoms with Crippen molar-refractivity contribution in [3.63, 3.8) is 0 Å². The SMILES string of the molecule is O=C(Nc1ccc(F)cn1)C1CCC1. The number of carbonyl (C=O) groups excluding carboxylic acids is 1. The van der Waals surface area contributed by atoms with E-state index in [4.69, 9.17) is 0 Å². The largest absolute Gasteiger partial charge is 0.310 e. The van der Waals surface area contributed by atoms with E-state index < -0.39 is 5.82 Å². The van der Waals surface area contributed by atoms with Crippen LogP contribution in [-0.2, 0) is 4.79 Å². The Bertz CT molecular complexity index is 332. The first-order valence-corrected chi connectivity index (χ1v) is 4.68. The number of nitrogens with one attached hydrogen (secondary N) is 1. The minimum absolute atomic E-state index is 0.00430. The lowest BCUT2D eigenvalue weighted by molar-refractivity contribution is -0.122. The highest BCUT2D eigenvalue weighted by Gasteiger charge is 2.25. The highest BCUT2D eigenvalue weighted by atomic mass is 19.1. The number of nitrogens with zero attached hydrogens (tertiary/aromatic N) is 1. The molecule has 0 atom stereocenters. The zero-order valence-corrected chi connectivity index (χ0v) is 7.66. The maximum absolute atomic E-state index is 12.5. The summed E-state index contributed by atoms with van der Waals surface area (Å²) in [4.78, 5) is 15.2. The number of pyridine rings is 1. The fourth-order valence-corrected chi connectivity index (χ4v) is 1.35. The van der Waals surface area contributed by atoms with Crippen molar-refractivity contribution in [1.29, 1.82) is 0 Å². The average Bonchev–Trinajstić information content (AvgIpc) is 2.06. The molecule has 1 aliphatic rings. The number of hydrogen-bond donors (Lipinski definition) is 1. The standard InChI is InChI=1S/C10H11FN2O/c11-8-4-5-9(12-6-8)13-10(14)7-2-1-3-7/h4-7H,1-3H2,(H,12,13,14). The second-order valence-electron chi connectivity index (χ2n) is 3.48. The molecule has 1 heterocycles. The van der Waals surface area contributed by atoms with E-state index >= 15 is 0 Å². The number of anilines is 1. The van der Waals surface area contributed by atoms with Gasteiger partial charge in [-0.1, -0.05) is 6.42 Å². The van der Waals surface area contributed by atoms with Crippen LogP contribution in [0.5, 0.6) is 0 Å². The fraction of sp³-hybridized carbons (Fsp3) is 0.400. The van der Waals surface area contributed by atoms with Crippen molar-refractivity contribution in [3.8, 4) is 0 Å². The van der Waals surface area contributed by atoms with E-state index in [1.54, 1.807) is 0 Å². The van der Waals surface area contributed by atoms with Crippen LogP contribution in [0.4, 0.5) is 10.2 Å². The monoisotopic (exact) mass is 194 g/mol. The molecule has 0 unspecified atom stereocenters. The Kier molecular flexibility index (Phi) is 2.43. The molecule has 0 aliphatic heterocycles. The lowest BCUT2D eigenvalue weighted by atomic mass is 9.85. The molecule has 1 saturated carbocycles. The first-order chi connectivity index (χ1) is 6.75. The van der Waals surface area contributed by atoms with Crippen LogP contribution >= 0.6 is 0 Å². The third-order valence-electron chi connectivity index (χ3n) is 2.45. The molecule has 1 aliphatic carbocycles. The van der Waals surface area contributed by atoms with Crippen LogP contribution in [0.2, 0.25) is 0 Å². The zero-order valence-electron chi connectivity index (χ0n) is 7.66. The third-order valence-corrected chi connectivity index (χ3v) is 2.45. The van der Waals surface area contributed by atoms with Gasteiger partial charge in [0.1, 0.15) is 11.6 Å². The highest BCUT2D eigenvalue weighted by Crippen LogP contribution is 2.27. The lowest BCUT2D eigenvalue weighted by Gasteiger charge is -2.23. The van der Waals surface area contributed by atoms with Gasteiger partial charge in [0.2, 0.25) is 5.91 Å². The molecule has 14 heavy (non-hydrogen) atoms. The summed E-state index contributed by atoms with van der Waals surface area (Å²) in [6, 6.07) is 2.75. The number of aromatic nitrogens is 1. The number of rotatable bonds is 2. The topological polar surface area (TPSA) is 42.0 Å². The normalized spacial score (nSPS) is 16.1. The van der Waals surface area contributed by atoms with Crippen LogP contribution in [0.3, 0.4) is 0 Å². The van der Waals surface area contributed by atoms with Gasteiger partial charge in [-0.2, -0.15) is 0 Å². The maximum Gasteiger partial charge on any atom is 0.228 e. The number of hydrogen-bond acceptors (Lipinski definition) is 2. The van der Waals surface area contributed by atoms with Gasteiger partial charge < -0.3 is 5.32 Å². The molecule has 0 spiro atoms. The Morgan fingerprint density at radius 3 is 2.79 bits per heavy atom.